The minimum Gasteiger partial charge on any atom is -0.478 e. The van der Waals surface area contributed by atoms with E-state index in [0.717, 1.165) is 0 Å². The number of halogens is 1. The predicted octanol–water partition coefficient (Wildman–Crippen LogP) is 1.17. The lowest BCUT2D eigenvalue weighted by Crippen LogP contribution is -2.01. The van der Waals surface area contributed by atoms with Crippen LogP contribution in [0.25, 0.3) is 0 Å². The number of hydrogen-bond donors (Lipinski definition) is 2. The zero-order chi connectivity index (χ0) is 11.3. The van der Waals surface area contributed by atoms with Crippen LogP contribution in [0.5, 0.6) is 0 Å². The summed E-state index contributed by atoms with van der Waals surface area (Å²) >= 11 is 5.56. The summed E-state index contributed by atoms with van der Waals surface area (Å²) in [5.74, 6) is 4.13. The van der Waals surface area contributed by atoms with Crippen LogP contribution < -0.4 is 0 Å². The zero-order valence-electron chi connectivity index (χ0n) is 7.70. The van der Waals surface area contributed by atoms with E-state index in [-0.39, 0.29) is 17.3 Å². The molecule has 0 saturated carbocycles. The first-order chi connectivity index (χ1) is 7.15. The fraction of sp³-hybridized carbons (Fsp3) is 0.200. The van der Waals surface area contributed by atoms with E-state index in [1.165, 1.54) is 12.3 Å². The number of carboxylic acids is 1. The Morgan fingerprint density at radius 3 is 2.93 bits per heavy atom. The van der Waals surface area contributed by atoms with Crippen molar-refractivity contribution in [1.29, 1.82) is 0 Å². The Morgan fingerprint density at radius 1 is 1.60 bits per heavy atom. The fourth-order valence-corrected chi connectivity index (χ4v) is 1.08. The Morgan fingerprint density at radius 2 is 2.33 bits per heavy atom. The number of aromatic nitrogens is 1. The van der Waals surface area contributed by atoms with Gasteiger partial charge in [0.2, 0.25) is 0 Å². The highest BCUT2D eigenvalue weighted by atomic mass is 35.5. The first-order valence-electron chi connectivity index (χ1n) is 4.13. The Bertz CT molecular complexity index is 434. The van der Waals surface area contributed by atoms with Crippen LogP contribution in [0, 0.1) is 11.8 Å². The van der Waals surface area contributed by atoms with E-state index >= 15 is 0 Å². The van der Waals surface area contributed by atoms with Gasteiger partial charge in [0.25, 0.3) is 0 Å². The molecule has 0 aromatic carbocycles. The molecule has 0 fully saturated rings. The second kappa shape index (κ2) is 5.35. The molecular weight excluding hydrogens is 218 g/mol. The van der Waals surface area contributed by atoms with Crippen molar-refractivity contribution >= 4 is 17.6 Å². The minimum atomic E-state index is -1.10. The second-order valence-corrected chi connectivity index (χ2v) is 3.02. The molecule has 0 bridgehead atoms. The molecule has 0 aliphatic heterocycles. The van der Waals surface area contributed by atoms with Gasteiger partial charge in [-0.1, -0.05) is 23.4 Å². The average molecular weight is 226 g/mol. The molecule has 5 heteroatoms. The molecule has 1 aromatic rings. The standard InChI is InChI=1S/C10H8ClNO3/c11-9-5-8(10(14)15)7(6-12-9)3-1-2-4-13/h5-6,13H,2,4H2,(H,14,15). The number of aliphatic hydroxyl groups is 1. The number of carboxylic acid groups (broad SMARTS) is 1. The highest BCUT2D eigenvalue weighted by Gasteiger charge is 2.09. The van der Waals surface area contributed by atoms with Crippen LogP contribution in [0.2, 0.25) is 5.15 Å². The normalized spacial score (nSPS) is 9.20. The Hall–Kier alpha value is -1.57. The SMILES string of the molecule is O=C(O)c1cc(Cl)ncc1C#CCCO. The maximum absolute atomic E-state index is 10.8. The monoisotopic (exact) mass is 225 g/mol. The first kappa shape index (κ1) is 11.5. The highest BCUT2D eigenvalue weighted by Crippen LogP contribution is 2.12. The van der Waals surface area contributed by atoms with Gasteiger partial charge in [-0.3, -0.25) is 0 Å². The van der Waals surface area contributed by atoms with Gasteiger partial charge in [-0.2, -0.15) is 0 Å². The molecular formula is C10H8ClNO3. The number of nitrogens with zero attached hydrogens (tertiary/aromatic N) is 1. The summed E-state index contributed by atoms with van der Waals surface area (Å²) < 4.78 is 0. The van der Waals surface area contributed by atoms with Crippen molar-refractivity contribution in [3.63, 3.8) is 0 Å². The molecule has 0 spiro atoms. The summed E-state index contributed by atoms with van der Waals surface area (Å²) in [6.07, 6.45) is 1.60. The van der Waals surface area contributed by atoms with Crippen molar-refractivity contribution in [2.24, 2.45) is 0 Å². The minimum absolute atomic E-state index is 0.0143. The predicted molar refractivity (Wildman–Crippen MR) is 54.8 cm³/mol. The Balaban J connectivity index is 3.08. The zero-order valence-corrected chi connectivity index (χ0v) is 8.45. The lowest BCUT2D eigenvalue weighted by atomic mass is 10.1. The lowest BCUT2D eigenvalue weighted by Gasteiger charge is -1.98. The summed E-state index contributed by atoms with van der Waals surface area (Å²) in [6, 6.07) is 1.24. The van der Waals surface area contributed by atoms with Crippen molar-refractivity contribution in [3.8, 4) is 11.8 Å². The van der Waals surface area contributed by atoms with Crippen LogP contribution in [0.15, 0.2) is 12.3 Å². The van der Waals surface area contributed by atoms with Crippen LogP contribution in [0.3, 0.4) is 0 Å². The molecule has 0 atom stereocenters. The van der Waals surface area contributed by atoms with Crippen LogP contribution >= 0.6 is 11.6 Å². The Kier molecular flexibility index (Phi) is 4.10. The van der Waals surface area contributed by atoms with Crippen molar-refractivity contribution < 1.29 is 15.0 Å². The molecule has 0 saturated heterocycles. The molecule has 0 aliphatic rings. The first-order valence-corrected chi connectivity index (χ1v) is 4.51. The van der Waals surface area contributed by atoms with Crippen LogP contribution in [-0.4, -0.2) is 27.8 Å². The van der Waals surface area contributed by atoms with Gasteiger partial charge in [0.05, 0.1) is 17.7 Å². The van der Waals surface area contributed by atoms with E-state index in [9.17, 15) is 4.79 Å². The number of pyridine rings is 1. The largest absolute Gasteiger partial charge is 0.478 e. The molecule has 4 nitrogen and oxygen atoms in total. The van der Waals surface area contributed by atoms with Gasteiger partial charge >= 0.3 is 5.97 Å². The van der Waals surface area contributed by atoms with E-state index in [0.29, 0.717) is 12.0 Å². The third-order valence-electron chi connectivity index (χ3n) is 1.56. The lowest BCUT2D eigenvalue weighted by molar-refractivity contribution is 0.0696. The number of carbonyl (C=O) groups is 1. The van der Waals surface area contributed by atoms with Crippen molar-refractivity contribution in [3.05, 3.63) is 28.5 Å². The molecule has 1 rings (SSSR count). The third-order valence-corrected chi connectivity index (χ3v) is 1.77. The fourth-order valence-electron chi connectivity index (χ4n) is 0.920. The molecule has 78 valence electrons. The number of hydrogen-bond acceptors (Lipinski definition) is 3. The maximum Gasteiger partial charge on any atom is 0.337 e. The van der Waals surface area contributed by atoms with Crippen molar-refractivity contribution in [2.75, 3.05) is 6.61 Å². The molecule has 0 radical (unpaired) electrons. The van der Waals surface area contributed by atoms with Crippen molar-refractivity contribution in [2.45, 2.75) is 6.42 Å². The number of aromatic carboxylic acids is 1. The summed E-state index contributed by atoms with van der Waals surface area (Å²) in [6.45, 7) is -0.0591. The maximum atomic E-state index is 10.8. The molecule has 2 N–H and O–H groups in total. The Labute approximate surface area is 91.5 Å². The van der Waals surface area contributed by atoms with Gasteiger partial charge in [-0.05, 0) is 6.07 Å². The van der Waals surface area contributed by atoms with E-state index in [4.69, 9.17) is 21.8 Å². The van der Waals surface area contributed by atoms with Gasteiger partial charge in [0.1, 0.15) is 5.15 Å². The molecule has 15 heavy (non-hydrogen) atoms. The van der Waals surface area contributed by atoms with Gasteiger partial charge in [-0.15, -0.1) is 0 Å². The van der Waals surface area contributed by atoms with Gasteiger partial charge in [0.15, 0.2) is 0 Å². The number of aliphatic hydroxyl groups excluding tert-OH is 1. The molecule has 0 unspecified atom stereocenters. The van der Waals surface area contributed by atoms with E-state index in [1.54, 1.807) is 0 Å². The number of rotatable bonds is 2. The van der Waals surface area contributed by atoms with Crippen LogP contribution in [-0.2, 0) is 0 Å². The van der Waals surface area contributed by atoms with Crippen molar-refractivity contribution in [1.82, 2.24) is 4.98 Å². The summed E-state index contributed by atoms with van der Waals surface area (Å²) in [7, 11) is 0. The summed E-state index contributed by atoms with van der Waals surface area (Å²) in [5.41, 5.74) is 0.306. The molecule has 1 aromatic heterocycles. The quantitative estimate of drug-likeness (QED) is 0.586. The third kappa shape index (κ3) is 3.24. The van der Waals surface area contributed by atoms with Crippen LogP contribution in [0.1, 0.15) is 22.3 Å². The summed E-state index contributed by atoms with van der Waals surface area (Å²) in [4.78, 5) is 14.5. The molecule has 0 amide bonds. The smallest absolute Gasteiger partial charge is 0.337 e. The average Bonchev–Trinajstić information content (AvgIpc) is 2.20. The van der Waals surface area contributed by atoms with E-state index in [2.05, 4.69) is 16.8 Å². The van der Waals surface area contributed by atoms with Crippen LogP contribution in [0.4, 0.5) is 0 Å². The van der Waals surface area contributed by atoms with Gasteiger partial charge < -0.3 is 10.2 Å². The molecule has 0 aliphatic carbocycles. The second-order valence-electron chi connectivity index (χ2n) is 2.63. The molecule has 1 heterocycles. The topological polar surface area (TPSA) is 70.4 Å². The van der Waals surface area contributed by atoms with Gasteiger partial charge in [-0.25, -0.2) is 9.78 Å². The highest BCUT2D eigenvalue weighted by molar-refractivity contribution is 6.29. The summed E-state index contributed by atoms with van der Waals surface area (Å²) in [5, 5.41) is 17.5. The van der Waals surface area contributed by atoms with E-state index < -0.39 is 5.97 Å². The van der Waals surface area contributed by atoms with E-state index in [1.807, 2.05) is 0 Å². The van der Waals surface area contributed by atoms with Gasteiger partial charge in [0, 0.05) is 12.6 Å².